The Morgan fingerprint density at radius 1 is 1.15 bits per heavy atom. The number of benzene rings is 2. The Labute approximate surface area is 166 Å². The van der Waals surface area contributed by atoms with Crippen LogP contribution in [0.2, 0.25) is 5.02 Å². The Morgan fingerprint density at radius 3 is 2.67 bits per heavy atom. The van der Waals surface area contributed by atoms with E-state index in [4.69, 9.17) is 16.0 Å². The Hall–Kier alpha value is -2.94. The highest BCUT2D eigenvalue weighted by atomic mass is 35.5. The third-order valence-corrected chi connectivity index (χ3v) is 5.07. The van der Waals surface area contributed by atoms with E-state index in [0.29, 0.717) is 21.6 Å². The lowest BCUT2D eigenvalue weighted by Gasteiger charge is -2.08. The molecule has 1 heterocycles. The molecule has 2 aromatic carbocycles. The lowest BCUT2D eigenvalue weighted by atomic mass is 10.1. The van der Waals surface area contributed by atoms with E-state index in [9.17, 15) is 10.1 Å². The highest BCUT2D eigenvalue weighted by Crippen LogP contribution is 2.29. The molecular weight excluding hydrogens is 380 g/mol. The first kappa shape index (κ1) is 18.8. The molecule has 0 radical (unpaired) electrons. The summed E-state index contributed by atoms with van der Waals surface area (Å²) in [5.41, 5.74) is 1.25. The van der Waals surface area contributed by atoms with E-state index in [1.54, 1.807) is 37.3 Å². The second-order valence-electron chi connectivity index (χ2n) is 5.61. The summed E-state index contributed by atoms with van der Waals surface area (Å²) in [5, 5.41) is 13.3. The fraction of sp³-hybridized carbons (Fsp3) is 0.0476. The van der Waals surface area contributed by atoms with Crippen molar-refractivity contribution in [3.63, 3.8) is 0 Å². The normalized spacial score (nSPS) is 11.1. The van der Waals surface area contributed by atoms with Gasteiger partial charge >= 0.3 is 0 Å². The van der Waals surface area contributed by atoms with E-state index in [0.717, 1.165) is 10.5 Å². The molecule has 0 bridgehead atoms. The highest BCUT2D eigenvalue weighted by molar-refractivity contribution is 7.99. The van der Waals surface area contributed by atoms with Crippen LogP contribution in [0.1, 0.15) is 11.3 Å². The quantitative estimate of drug-likeness (QED) is 0.429. The Morgan fingerprint density at radius 2 is 1.93 bits per heavy atom. The topological polar surface area (TPSA) is 66.0 Å². The summed E-state index contributed by atoms with van der Waals surface area (Å²) in [4.78, 5) is 13.5. The number of rotatable bonds is 5. The van der Waals surface area contributed by atoms with E-state index in [2.05, 4.69) is 5.32 Å². The first-order valence-electron chi connectivity index (χ1n) is 8.08. The van der Waals surface area contributed by atoms with Crippen molar-refractivity contribution in [2.45, 2.75) is 16.9 Å². The first-order valence-corrected chi connectivity index (χ1v) is 9.27. The number of hydrogen-bond acceptors (Lipinski definition) is 4. The van der Waals surface area contributed by atoms with E-state index in [-0.39, 0.29) is 5.57 Å². The van der Waals surface area contributed by atoms with Gasteiger partial charge in [0, 0.05) is 21.7 Å². The smallest absolute Gasteiger partial charge is 0.266 e. The number of halogens is 1. The van der Waals surface area contributed by atoms with Gasteiger partial charge in [-0.05, 0) is 48.9 Å². The molecule has 1 amide bonds. The fourth-order valence-electron chi connectivity index (χ4n) is 2.29. The largest absolute Gasteiger partial charge is 0.450 e. The lowest BCUT2D eigenvalue weighted by molar-refractivity contribution is -0.112. The zero-order valence-electron chi connectivity index (χ0n) is 14.4. The number of anilines is 1. The van der Waals surface area contributed by atoms with Crippen LogP contribution in [0.4, 0.5) is 5.69 Å². The van der Waals surface area contributed by atoms with Gasteiger partial charge in [-0.25, -0.2) is 0 Å². The molecule has 0 unspecified atom stereocenters. The van der Waals surface area contributed by atoms with Crippen LogP contribution in [-0.2, 0) is 4.79 Å². The van der Waals surface area contributed by atoms with E-state index in [1.165, 1.54) is 17.8 Å². The van der Waals surface area contributed by atoms with Gasteiger partial charge in [0.2, 0.25) is 0 Å². The minimum atomic E-state index is -0.517. The van der Waals surface area contributed by atoms with Gasteiger partial charge in [0.05, 0.1) is 0 Å². The Balaban J connectivity index is 1.75. The van der Waals surface area contributed by atoms with Crippen molar-refractivity contribution < 1.29 is 9.21 Å². The second-order valence-corrected chi connectivity index (χ2v) is 7.09. The Bertz CT molecular complexity index is 1040. The van der Waals surface area contributed by atoms with Crippen molar-refractivity contribution in [2.75, 3.05) is 5.32 Å². The molecule has 0 spiro atoms. The van der Waals surface area contributed by atoms with Gasteiger partial charge < -0.3 is 9.73 Å². The third-order valence-electron chi connectivity index (χ3n) is 3.73. The fourth-order valence-corrected chi connectivity index (χ4v) is 3.27. The molecule has 0 aliphatic heterocycles. The molecule has 0 saturated carbocycles. The van der Waals surface area contributed by atoms with Gasteiger partial charge in [-0.15, -0.1) is 0 Å². The minimum Gasteiger partial charge on any atom is -0.450 e. The molecule has 134 valence electrons. The van der Waals surface area contributed by atoms with Gasteiger partial charge in [-0.1, -0.05) is 47.6 Å². The average molecular weight is 395 g/mol. The van der Waals surface area contributed by atoms with E-state index in [1.807, 2.05) is 36.4 Å². The molecule has 0 aliphatic rings. The molecule has 0 aliphatic carbocycles. The van der Waals surface area contributed by atoms with Crippen LogP contribution in [0.3, 0.4) is 0 Å². The molecule has 3 aromatic rings. The summed E-state index contributed by atoms with van der Waals surface area (Å²) >= 11 is 7.53. The summed E-state index contributed by atoms with van der Waals surface area (Å²) in [6.07, 6.45) is 1.42. The molecule has 1 aromatic heterocycles. The predicted molar refractivity (Wildman–Crippen MR) is 108 cm³/mol. The molecule has 27 heavy (non-hydrogen) atoms. The third kappa shape index (κ3) is 4.82. The molecule has 4 nitrogen and oxygen atoms in total. The molecule has 1 N–H and O–H groups in total. The minimum absolute atomic E-state index is 0.0556. The molecule has 0 fully saturated rings. The summed E-state index contributed by atoms with van der Waals surface area (Å²) < 4.78 is 5.70. The maximum Gasteiger partial charge on any atom is 0.266 e. The number of furan rings is 1. The summed E-state index contributed by atoms with van der Waals surface area (Å²) in [5.74, 6) is -0.0838. The van der Waals surface area contributed by atoms with Crippen LogP contribution in [0.15, 0.2) is 80.6 Å². The second kappa shape index (κ2) is 8.63. The zero-order chi connectivity index (χ0) is 19.2. The van der Waals surface area contributed by atoms with Gasteiger partial charge in [0.25, 0.3) is 5.91 Å². The standard InChI is InChI=1S/C21H15ClN2O2S/c1-14-18(22)8-5-9-19(14)24-21(25)15(13-23)12-16-10-11-20(26-16)27-17-6-3-2-4-7-17/h2-12H,1H3,(H,24,25)/b15-12+. The number of carbonyl (C=O) groups excluding carboxylic acids is 1. The number of nitriles is 1. The zero-order valence-corrected chi connectivity index (χ0v) is 16.0. The lowest BCUT2D eigenvalue weighted by Crippen LogP contribution is -2.14. The highest BCUT2D eigenvalue weighted by Gasteiger charge is 2.13. The molecular formula is C21H15ClN2O2S. The van der Waals surface area contributed by atoms with Gasteiger partial charge in [-0.3, -0.25) is 4.79 Å². The SMILES string of the molecule is Cc1c(Cl)cccc1NC(=O)/C(C#N)=C/c1ccc(Sc2ccccc2)o1. The number of nitrogens with one attached hydrogen (secondary N) is 1. The maximum atomic E-state index is 12.4. The van der Waals surface area contributed by atoms with Gasteiger partial charge in [0.15, 0.2) is 5.09 Å². The van der Waals surface area contributed by atoms with Crippen LogP contribution >= 0.6 is 23.4 Å². The summed E-state index contributed by atoms with van der Waals surface area (Å²) in [6.45, 7) is 1.80. The average Bonchev–Trinajstić information content (AvgIpc) is 3.11. The van der Waals surface area contributed by atoms with Crippen molar-refractivity contribution in [3.05, 3.63) is 82.6 Å². The molecule has 6 heteroatoms. The van der Waals surface area contributed by atoms with Gasteiger partial charge in [-0.2, -0.15) is 5.26 Å². The van der Waals surface area contributed by atoms with E-state index < -0.39 is 5.91 Å². The van der Waals surface area contributed by atoms with Crippen LogP contribution in [0, 0.1) is 18.3 Å². The van der Waals surface area contributed by atoms with Crippen molar-refractivity contribution in [3.8, 4) is 6.07 Å². The Kier molecular flexibility index (Phi) is 6.02. The van der Waals surface area contributed by atoms with Crippen LogP contribution in [0.5, 0.6) is 0 Å². The summed E-state index contributed by atoms with van der Waals surface area (Å²) in [7, 11) is 0. The number of nitrogens with zero attached hydrogens (tertiary/aromatic N) is 1. The van der Waals surface area contributed by atoms with Crippen LogP contribution in [-0.4, -0.2) is 5.91 Å². The van der Waals surface area contributed by atoms with Crippen molar-refractivity contribution in [1.29, 1.82) is 5.26 Å². The van der Waals surface area contributed by atoms with Gasteiger partial charge in [0.1, 0.15) is 17.4 Å². The van der Waals surface area contributed by atoms with Crippen LogP contribution in [0.25, 0.3) is 6.08 Å². The molecule has 3 rings (SSSR count). The van der Waals surface area contributed by atoms with E-state index >= 15 is 0 Å². The number of carbonyl (C=O) groups is 1. The van der Waals surface area contributed by atoms with Crippen molar-refractivity contribution in [1.82, 2.24) is 0 Å². The molecule has 0 atom stereocenters. The maximum absolute atomic E-state index is 12.4. The number of amides is 1. The van der Waals surface area contributed by atoms with Crippen molar-refractivity contribution in [2.24, 2.45) is 0 Å². The number of hydrogen-bond donors (Lipinski definition) is 1. The summed E-state index contributed by atoms with van der Waals surface area (Å²) in [6, 6.07) is 20.4. The predicted octanol–water partition coefficient (Wildman–Crippen LogP) is 5.94. The monoisotopic (exact) mass is 394 g/mol. The molecule has 0 saturated heterocycles. The van der Waals surface area contributed by atoms with Crippen molar-refractivity contribution >= 4 is 41.0 Å². The van der Waals surface area contributed by atoms with Crippen LogP contribution < -0.4 is 5.32 Å². The first-order chi connectivity index (χ1) is 13.1.